The zero-order valence-corrected chi connectivity index (χ0v) is 11.7. The lowest BCUT2D eigenvalue weighted by Gasteiger charge is -2.28. The van der Waals surface area contributed by atoms with Crippen molar-refractivity contribution in [1.82, 2.24) is 5.43 Å². The first kappa shape index (κ1) is 16.2. The minimum absolute atomic E-state index is 0.000370. The lowest BCUT2D eigenvalue weighted by atomic mass is 9.85. The van der Waals surface area contributed by atoms with Gasteiger partial charge in [0.1, 0.15) is 5.82 Å². The van der Waals surface area contributed by atoms with Gasteiger partial charge < -0.3 is 0 Å². The van der Waals surface area contributed by atoms with Gasteiger partial charge in [0.2, 0.25) is 0 Å². The average molecular weight is 304 g/mol. The largest absolute Gasteiger partial charge is 0.416 e. The summed E-state index contributed by atoms with van der Waals surface area (Å²) >= 11 is 0. The molecule has 1 aromatic carbocycles. The van der Waals surface area contributed by atoms with Crippen LogP contribution >= 0.6 is 0 Å². The Balaban J connectivity index is 2.38. The van der Waals surface area contributed by atoms with Crippen LogP contribution in [0.2, 0.25) is 0 Å². The maximum absolute atomic E-state index is 13.4. The summed E-state index contributed by atoms with van der Waals surface area (Å²) in [7, 11) is 0. The quantitative estimate of drug-likeness (QED) is 0.378. The molecule has 1 aromatic rings. The maximum Gasteiger partial charge on any atom is 0.416 e. The molecule has 1 aliphatic rings. The first-order valence-electron chi connectivity index (χ1n) is 7.26. The van der Waals surface area contributed by atoms with E-state index in [9.17, 15) is 17.6 Å². The van der Waals surface area contributed by atoms with Crippen molar-refractivity contribution in [3.8, 4) is 0 Å². The predicted molar refractivity (Wildman–Crippen MR) is 72.7 cm³/mol. The number of benzene rings is 1. The molecule has 2 nitrogen and oxygen atoms in total. The van der Waals surface area contributed by atoms with Crippen molar-refractivity contribution in [2.75, 3.05) is 0 Å². The van der Waals surface area contributed by atoms with Crippen molar-refractivity contribution in [2.45, 2.75) is 50.7 Å². The van der Waals surface area contributed by atoms with Crippen LogP contribution in [0.1, 0.15) is 55.7 Å². The van der Waals surface area contributed by atoms with Gasteiger partial charge in [0.05, 0.1) is 5.56 Å². The third-order valence-electron chi connectivity index (χ3n) is 4.20. The predicted octanol–water partition coefficient (Wildman–Crippen LogP) is 4.32. The van der Waals surface area contributed by atoms with Crippen LogP contribution in [0, 0.1) is 11.7 Å². The van der Waals surface area contributed by atoms with E-state index in [-0.39, 0.29) is 11.5 Å². The number of alkyl halides is 3. The standard InChI is InChI=1S/C15H20F4N2/c16-11-7-8-13(15(17,18)19)12(9-11)14(21-20)10-5-3-1-2-4-6-10/h7-10,14,21H,1-6,20H2. The number of hydrogen-bond acceptors (Lipinski definition) is 2. The van der Waals surface area contributed by atoms with E-state index in [2.05, 4.69) is 5.43 Å². The Morgan fingerprint density at radius 1 is 1.10 bits per heavy atom. The molecule has 0 aromatic heterocycles. The van der Waals surface area contributed by atoms with Gasteiger partial charge >= 0.3 is 6.18 Å². The highest BCUT2D eigenvalue weighted by Crippen LogP contribution is 2.40. The van der Waals surface area contributed by atoms with Gasteiger partial charge in [-0.3, -0.25) is 11.3 Å². The number of halogens is 4. The Labute approximate surface area is 121 Å². The molecular formula is C15H20F4N2. The molecule has 6 heteroatoms. The molecule has 0 radical (unpaired) electrons. The SMILES string of the molecule is NNC(c1cc(F)ccc1C(F)(F)F)C1CCCCCC1. The molecule has 1 saturated carbocycles. The summed E-state index contributed by atoms with van der Waals surface area (Å²) in [6.07, 6.45) is 1.22. The fourth-order valence-corrected chi connectivity index (χ4v) is 3.17. The van der Waals surface area contributed by atoms with E-state index >= 15 is 0 Å². The molecule has 1 unspecified atom stereocenters. The van der Waals surface area contributed by atoms with Gasteiger partial charge in [-0.05, 0) is 42.5 Å². The molecule has 1 atom stereocenters. The zero-order valence-electron chi connectivity index (χ0n) is 11.7. The topological polar surface area (TPSA) is 38.0 Å². The maximum atomic E-state index is 13.4. The van der Waals surface area contributed by atoms with Crippen LogP contribution in [0.3, 0.4) is 0 Å². The lowest BCUT2D eigenvalue weighted by molar-refractivity contribution is -0.138. The summed E-state index contributed by atoms with van der Waals surface area (Å²) in [5.74, 6) is 4.84. The van der Waals surface area contributed by atoms with Gasteiger partial charge in [-0.1, -0.05) is 25.7 Å². The summed E-state index contributed by atoms with van der Waals surface area (Å²) in [5, 5.41) is 0. The van der Waals surface area contributed by atoms with Gasteiger partial charge in [0.25, 0.3) is 0 Å². The van der Waals surface area contributed by atoms with Gasteiger partial charge in [-0.2, -0.15) is 13.2 Å². The third-order valence-corrected chi connectivity index (χ3v) is 4.20. The molecule has 0 bridgehead atoms. The number of rotatable bonds is 3. The molecule has 1 aliphatic carbocycles. The summed E-state index contributed by atoms with van der Waals surface area (Å²) in [4.78, 5) is 0. The number of hydrogen-bond donors (Lipinski definition) is 2. The van der Waals surface area contributed by atoms with Crippen molar-refractivity contribution in [2.24, 2.45) is 11.8 Å². The van der Waals surface area contributed by atoms with E-state index in [4.69, 9.17) is 5.84 Å². The molecule has 0 amide bonds. The summed E-state index contributed by atoms with van der Waals surface area (Å²) in [6.45, 7) is 0. The Bertz CT molecular complexity index is 465. The first-order valence-corrected chi connectivity index (χ1v) is 7.26. The van der Waals surface area contributed by atoms with Crippen molar-refractivity contribution in [3.63, 3.8) is 0 Å². The van der Waals surface area contributed by atoms with E-state index < -0.39 is 23.6 Å². The third kappa shape index (κ3) is 3.95. The molecule has 0 saturated heterocycles. The molecule has 0 aliphatic heterocycles. The molecule has 21 heavy (non-hydrogen) atoms. The van der Waals surface area contributed by atoms with Gasteiger partial charge in [0.15, 0.2) is 0 Å². The summed E-state index contributed by atoms with van der Waals surface area (Å²) < 4.78 is 52.8. The van der Waals surface area contributed by atoms with Crippen molar-refractivity contribution in [3.05, 3.63) is 35.1 Å². The van der Waals surface area contributed by atoms with Crippen LogP contribution in [-0.4, -0.2) is 0 Å². The van der Waals surface area contributed by atoms with Crippen LogP contribution in [0.5, 0.6) is 0 Å². The van der Waals surface area contributed by atoms with Crippen LogP contribution in [-0.2, 0) is 6.18 Å². The van der Waals surface area contributed by atoms with Crippen LogP contribution < -0.4 is 11.3 Å². The molecular weight excluding hydrogens is 284 g/mol. The molecule has 0 heterocycles. The average Bonchev–Trinajstić information content (AvgIpc) is 2.67. The first-order chi connectivity index (χ1) is 9.93. The Morgan fingerprint density at radius 2 is 1.71 bits per heavy atom. The Kier molecular flexibility index (Phi) is 5.22. The van der Waals surface area contributed by atoms with E-state index in [1.165, 1.54) is 0 Å². The molecule has 118 valence electrons. The van der Waals surface area contributed by atoms with Gasteiger partial charge in [0, 0.05) is 6.04 Å². The Hall–Kier alpha value is -1.14. The number of nitrogens with two attached hydrogens (primary N) is 1. The Morgan fingerprint density at radius 3 is 2.24 bits per heavy atom. The summed E-state index contributed by atoms with van der Waals surface area (Å²) in [5.41, 5.74) is 1.59. The molecule has 2 rings (SSSR count). The highest BCUT2D eigenvalue weighted by molar-refractivity contribution is 5.33. The van der Waals surface area contributed by atoms with E-state index in [1.54, 1.807) is 0 Å². The fraction of sp³-hybridized carbons (Fsp3) is 0.600. The fourth-order valence-electron chi connectivity index (χ4n) is 3.17. The van der Waals surface area contributed by atoms with Gasteiger partial charge in [-0.15, -0.1) is 0 Å². The molecule has 1 fully saturated rings. The second-order valence-corrected chi connectivity index (χ2v) is 5.63. The monoisotopic (exact) mass is 304 g/mol. The minimum Gasteiger partial charge on any atom is -0.271 e. The van der Waals surface area contributed by atoms with Gasteiger partial charge in [-0.25, -0.2) is 4.39 Å². The van der Waals surface area contributed by atoms with Crippen molar-refractivity contribution in [1.29, 1.82) is 0 Å². The molecule has 0 spiro atoms. The highest BCUT2D eigenvalue weighted by Gasteiger charge is 2.37. The summed E-state index contributed by atoms with van der Waals surface area (Å²) in [6, 6.07) is 1.92. The van der Waals surface area contributed by atoms with E-state index in [0.29, 0.717) is 0 Å². The van der Waals surface area contributed by atoms with Crippen LogP contribution in [0.25, 0.3) is 0 Å². The van der Waals surface area contributed by atoms with Crippen LogP contribution in [0.4, 0.5) is 17.6 Å². The smallest absolute Gasteiger partial charge is 0.271 e. The second-order valence-electron chi connectivity index (χ2n) is 5.63. The molecule has 3 N–H and O–H groups in total. The minimum atomic E-state index is -4.51. The van der Waals surface area contributed by atoms with Crippen LogP contribution in [0.15, 0.2) is 18.2 Å². The van der Waals surface area contributed by atoms with Crippen molar-refractivity contribution < 1.29 is 17.6 Å². The van der Waals surface area contributed by atoms with E-state index in [1.807, 2.05) is 0 Å². The second kappa shape index (κ2) is 6.75. The van der Waals surface area contributed by atoms with Crippen molar-refractivity contribution >= 4 is 0 Å². The number of hydrazine groups is 1. The number of nitrogens with one attached hydrogen (secondary N) is 1. The highest BCUT2D eigenvalue weighted by atomic mass is 19.4. The zero-order chi connectivity index (χ0) is 15.5. The normalized spacial score (nSPS) is 19.3. The lowest BCUT2D eigenvalue weighted by Crippen LogP contribution is -2.35. The van der Waals surface area contributed by atoms with E-state index in [0.717, 1.165) is 56.7 Å².